The third kappa shape index (κ3) is 4.57. The van der Waals surface area contributed by atoms with Crippen LogP contribution in [-0.2, 0) is 19.6 Å². The zero-order chi connectivity index (χ0) is 25.7. The number of anilines is 1. The van der Waals surface area contributed by atoms with Gasteiger partial charge in [-0.3, -0.25) is 14.9 Å². The Balaban J connectivity index is 1.75. The molecule has 0 saturated carbocycles. The molecule has 0 radical (unpaired) electrons. The Bertz CT molecular complexity index is 1540. The van der Waals surface area contributed by atoms with E-state index in [-0.39, 0.29) is 10.5 Å². The van der Waals surface area contributed by atoms with Gasteiger partial charge in [0.2, 0.25) is 10.0 Å². The number of carbonyl (C=O) groups excluding carboxylic acids is 3. The van der Waals surface area contributed by atoms with Gasteiger partial charge in [0.05, 0.1) is 10.6 Å². The van der Waals surface area contributed by atoms with Gasteiger partial charge >= 0.3 is 6.03 Å². The zero-order valence-electron chi connectivity index (χ0n) is 19.0. The van der Waals surface area contributed by atoms with Crippen LogP contribution >= 0.6 is 15.9 Å². The van der Waals surface area contributed by atoms with Crippen LogP contribution in [0, 0.1) is 20.8 Å². The van der Waals surface area contributed by atoms with Gasteiger partial charge in [0.15, 0.2) is 0 Å². The van der Waals surface area contributed by atoms with Gasteiger partial charge in [0.25, 0.3) is 11.8 Å². The van der Waals surface area contributed by atoms with Crippen molar-refractivity contribution in [1.82, 2.24) is 9.88 Å². The smallest absolute Gasteiger partial charge is 0.318 e. The van der Waals surface area contributed by atoms with E-state index in [1.807, 2.05) is 11.5 Å². The molecule has 9 nitrogen and oxygen atoms in total. The minimum Gasteiger partial charge on any atom is -0.318 e. The summed E-state index contributed by atoms with van der Waals surface area (Å²) < 4.78 is 25.8. The summed E-state index contributed by atoms with van der Waals surface area (Å²) in [4.78, 5) is 39.4. The van der Waals surface area contributed by atoms with Gasteiger partial charge < -0.3 is 4.57 Å². The van der Waals surface area contributed by atoms with Crippen molar-refractivity contribution < 1.29 is 22.8 Å². The van der Waals surface area contributed by atoms with Crippen molar-refractivity contribution in [3.63, 3.8) is 0 Å². The number of hydrogen-bond acceptors (Lipinski definition) is 5. The van der Waals surface area contributed by atoms with Crippen LogP contribution in [0.2, 0.25) is 0 Å². The maximum atomic E-state index is 13.3. The molecule has 11 heteroatoms. The minimum atomic E-state index is -3.82. The van der Waals surface area contributed by atoms with E-state index in [4.69, 9.17) is 5.14 Å². The normalized spacial score (nSPS) is 15.6. The number of aryl methyl sites for hydroxylation is 2. The molecule has 1 aliphatic rings. The van der Waals surface area contributed by atoms with Crippen LogP contribution in [-0.4, -0.2) is 30.8 Å². The van der Waals surface area contributed by atoms with Crippen molar-refractivity contribution in [2.75, 3.05) is 4.90 Å². The molecule has 3 N–H and O–H groups in total. The first-order valence-corrected chi connectivity index (χ1v) is 12.7. The number of rotatable bonds is 4. The van der Waals surface area contributed by atoms with Crippen LogP contribution in [0.15, 0.2) is 63.5 Å². The number of benzene rings is 2. The van der Waals surface area contributed by atoms with E-state index in [0.29, 0.717) is 28.2 Å². The van der Waals surface area contributed by atoms with E-state index in [0.717, 1.165) is 15.1 Å². The van der Waals surface area contributed by atoms with Crippen molar-refractivity contribution in [2.45, 2.75) is 25.7 Å². The summed E-state index contributed by atoms with van der Waals surface area (Å²) in [5, 5.41) is 7.41. The summed E-state index contributed by atoms with van der Waals surface area (Å²) in [5.41, 5.74) is 3.64. The van der Waals surface area contributed by atoms with Gasteiger partial charge in [-0.25, -0.2) is 23.3 Å². The number of aromatic nitrogens is 1. The predicted octanol–water partition coefficient (Wildman–Crippen LogP) is 3.48. The SMILES string of the molecule is Cc1cc(Br)ccc1N1C(=O)NC(=O)/C(=C\c2cc(C)n(-c3ccc(S(N)(=O)=O)cc3)c2C)C1=O. The van der Waals surface area contributed by atoms with Gasteiger partial charge in [-0.2, -0.15) is 0 Å². The number of nitrogens with two attached hydrogens (primary N) is 1. The third-order valence-electron chi connectivity index (χ3n) is 5.69. The molecule has 1 saturated heterocycles. The van der Waals surface area contributed by atoms with Gasteiger partial charge in [0.1, 0.15) is 5.57 Å². The number of carbonyl (C=O) groups is 3. The van der Waals surface area contributed by atoms with E-state index in [2.05, 4.69) is 21.2 Å². The molecule has 0 bridgehead atoms. The summed E-state index contributed by atoms with van der Waals surface area (Å²) in [6.45, 7) is 5.40. The van der Waals surface area contributed by atoms with Gasteiger partial charge in [-0.1, -0.05) is 15.9 Å². The molecule has 1 fully saturated rings. The first-order valence-electron chi connectivity index (χ1n) is 10.4. The number of nitrogens with zero attached hydrogens (tertiary/aromatic N) is 2. The lowest BCUT2D eigenvalue weighted by atomic mass is 10.1. The molecule has 35 heavy (non-hydrogen) atoms. The molecule has 3 aromatic rings. The number of imide groups is 2. The maximum absolute atomic E-state index is 13.3. The number of primary sulfonamides is 1. The highest BCUT2D eigenvalue weighted by molar-refractivity contribution is 9.10. The quantitative estimate of drug-likeness (QED) is 0.375. The van der Waals surface area contributed by atoms with Crippen LogP contribution in [0.4, 0.5) is 10.5 Å². The number of hydrogen-bond donors (Lipinski definition) is 2. The fourth-order valence-corrected chi connectivity index (χ4v) is 5.01. The summed E-state index contributed by atoms with van der Waals surface area (Å²) in [7, 11) is -3.82. The van der Waals surface area contributed by atoms with Crippen LogP contribution < -0.4 is 15.4 Å². The second kappa shape index (κ2) is 8.91. The monoisotopic (exact) mass is 556 g/mol. The summed E-state index contributed by atoms with van der Waals surface area (Å²) in [5.74, 6) is -1.51. The molecule has 2 heterocycles. The summed E-state index contributed by atoms with van der Waals surface area (Å²) >= 11 is 3.36. The van der Waals surface area contributed by atoms with Crippen molar-refractivity contribution in [3.05, 3.63) is 81.1 Å². The summed E-state index contributed by atoms with van der Waals surface area (Å²) in [6, 6.07) is 12.1. The highest BCUT2D eigenvalue weighted by Crippen LogP contribution is 2.29. The minimum absolute atomic E-state index is 0.0106. The van der Waals surface area contributed by atoms with Crippen molar-refractivity contribution >= 4 is 55.6 Å². The van der Waals surface area contributed by atoms with Crippen molar-refractivity contribution in [3.8, 4) is 5.69 Å². The Kier molecular flexibility index (Phi) is 6.26. The van der Waals surface area contributed by atoms with E-state index in [1.165, 1.54) is 18.2 Å². The molecule has 0 unspecified atom stereocenters. The number of nitrogens with one attached hydrogen (secondary N) is 1. The average molecular weight is 557 g/mol. The molecule has 0 atom stereocenters. The van der Waals surface area contributed by atoms with E-state index in [9.17, 15) is 22.8 Å². The molecule has 0 aliphatic carbocycles. The molecule has 4 rings (SSSR count). The lowest BCUT2D eigenvalue weighted by molar-refractivity contribution is -0.122. The molecule has 180 valence electrons. The Hall–Kier alpha value is -3.54. The zero-order valence-corrected chi connectivity index (χ0v) is 21.4. The van der Waals surface area contributed by atoms with E-state index >= 15 is 0 Å². The topological polar surface area (TPSA) is 132 Å². The Morgan fingerprint density at radius 3 is 2.23 bits per heavy atom. The van der Waals surface area contributed by atoms with Crippen LogP contribution in [0.1, 0.15) is 22.5 Å². The lowest BCUT2D eigenvalue weighted by Crippen LogP contribution is -2.54. The molecule has 2 aromatic carbocycles. The van der Waals surface area contributed by atoms with Crippen molar-refractivity contribution in [2.24, 2.45) is 5.14 Å². The standard InChI is InChI=1S/C24H21BrN4O5S/c1-13-10-17(25)4-9-21(13)29-23(31)20(22(30)27-24(29)32)12-16-11-14(2)28(15(16)3)18-5-7-19(8-6-18)35(26,33)34/h4-12H,1-3H3,(H2,26,33,34)(H,27,30,32)/b20-12+. The maximum Gasteiger partial charge on any atom is 0.335 e. The van der Waals surface area contributed by atoms with Gasteiger partial charge in [0, 0.05) is 21.5 Å². The fraction of sp³-hybridized carbons (Fsp3) is 0.125. The second-order valence-corrected chi connectivity index (χ2v) is 10.6. The molecule has 1 aliphatic heterocycles. The van der Waals surface area contributed by atoms with Crippen molar-refractivity contribution in [1.29, 1.82) is 0 Å². The molecular formula is C24H21BrN4O5S. The lowest BCUT2D eigenvalue weighted by Gasteiger charge is -2.27. The fourth-order valence-electron chi connectivity index (χ4n) is 4.02. The average Bonchev–Trinajstić information content (AvgIpc) is 3.04. The van der Waals surface area contributed by atoms with Gasteiger partial charge in [-0.05, 0) is 86.5 Å². The molecular weight excluding hydrogens is 536 g/mol. The Morgan fingerprint density at radius 2 is 1.63 bits per heavy atom. The molecule has 4 amide bonds. The highest BCUT2D eigenvalue weighted by atomic mass is 79.9. The van der Waals surface area contributed by atoms with Gasteiger partial charge in [-0.15, -0.1) is 0 Å². The number of amides is 4. The molecule has 1 aromatic heterocycles. The first-order chi connectivity index (χ1) is 16.4. The van der Waals surface area contributed by atoms with Crippen LogP contribution in [0.25, 0.3) is 11.8 Å². The van der Waals surface area contributed by atoms with Crippen LogP contribution in [0.5, 0.6) is 0 Å². The number of barbiturate groups is 1. The molecule has 0 spiro atoms. The first kappa shape index (κ1) is 24.6. The number of urea groups is 1. The number of halogens is 1. The Labute approximate surface area is 210 Å². The summed E-state index contributed by atoms with van der Waals surface area (Å²) in [6.07, 6.45) is 1.45. The van der Waals surface area contributed by atoms with E-state index in [1.54, 1.807) is 50.2 Å². The van der Waals surface area contributed by atoms with E-state index < -0.39 is 27.9 Å². The predicted molar refractivity (Wildman–Crippen MR) is 134 cm³/mol. The second-order valence-electron chi connectivity index (χ2n) is 8.09. The van der Waals surface area contributed by atoms with Crippen LogP contribution in [0.3, 0.4) is 0 Å². The highest BCUT2D eigenvalue weighted by Gasteiger charge is 2.37. The largest absolute Gasteiger partial charge is 0.335 e. The Morgan fingerprint density at radius 1 is 0.971 bits per heavy atom. The third-order valence-corrected chi connectivity index (χ3v) is 7.12. The number of sulfonamides is 1.